The van der Waals surface area contributed by atoms with Crippen molar-refractivity contribution in [3.8, 4) is 11.1 Å². The molecule has 0 saturated carbocycles. The van der Waals surface area contributed by atoms with Gasteiger partial charge in [0.05, 0.1) is 0 Å². The number of nitrogens with one attached hydrogen (secondary N) is 1. The van der Waals surface area contributed by atoms with E-state index in [0.717, 1.165) is 27.6 Å². The van der Waals surface area contributed by atoms with Crippen LogP contribution in [0.25, 0.3) is 11.1 Å². The summed E-state index contributed by atoms with van der Waals surface area (Å²) < 4.78 is 6.59. The summed E-state index contributed by atoms with van der Waals surface area (Å²) >= 11 is 4.76. The predicted octanol–water partition coefficient (Wildman–Crippen LogP) is 6.48. The van der Waals surface area contributed by atoms with Gasteiger partial charge >= 0.3 is 12.0 Å². The average molecular weight is 489 g/mol. The molecule has 0 spiro atoms. The van der Waals surface area contributed by atoms with E-state index in [9.17, 15) is 9.59 Å². The average Bonchev–Trinajstić information content (AvgIpc) is 3.11. The molecule has 7 heteroatoms. The van der Waals surface area contributed by atoms with Crippen LogP contribution < -0.4 is 5.32 Å². The number of allylic oxidation sites excluding steroid dienone is 1. The molecule has 0 bridgehead atoms. The molecule has 2 aromatic rings. The van der Waals surface area contributed by atoms with Crippen LogP contribution in [0.2, 0.25) is 0 Å². The van der Waals surface area contributed by atoms with Crippen molar-refractivity contribution in [3.63, 3.8) is 0 Å². The summed E-state index contributed by atoms with van der Waals surface area (Å²) in [4.78, 5) is 27.6. The van der Waals surface area contributed by atoms with Gasteiger partial charge in [-0.2, -0.15) is 0 Å². The van der Waals surface area contributed by atoms with Gasteiger partial charge in [-0.1, -0.05) is 46.8 Å². The summed E-state index contributed by atoms with van der Waals surface area (Å²) in [5.41, 5.74) is 2.50. The lowest BCUT2D eigenvalue weighted by Crippen LogP contribution is -2.38. The van der Waals surface area contributed by atoms with Gasteiger partial charge in [-0.15, -0.1) is 11.3 Å². The number of urea groups is 1. The van der Waals surface area contributed by atoms with Crippen molar-refractivity contribution >= 4 is 44.3 Å². The van der Waals surface area contributed by atoms with E-state index in [1.165, 1.54) is 11.3 Å². The number of nitrogens with zero attached hydrogens (tertiary/aromatic N) is 1. The van der Waals surface area contributed by atoms with Gasteiger partial charge in [0, 0.05) is 28.5 Å². The Kier molecular flexibility index (Phi) is 6.83. The van der Waals surface area contributed by atoms with E-state index in [2.05, 4.69) is 27.8 Å². The number of hydrogen-bond acceptors (Lipinski definition) is 4. The zero-order chi connectivity index (χ0) is 21.9. The van der Waals surface area contributed by atoms with Crippen molar-refractivity contribution in [2.45, 2.75) is 32.8 Å². The molecule has 1 N–H and O–H groups in total. The highest BCUT2D eigenvalue weighted by molar-refractivity contribution is 9.10. The summed E-state index contributed by atoms with van der Waals surface area (Å²) in [5.74, 6) is -0.454. The number of amides is 2. The van der Waals surface area contributed by atoms with E-state index in [1.54, 1.807) is 4.90 Å². The van der Waals surface area contributed by atoms with Gasteiger partial charge in [-0.05, 0) is 50.5 Å². The summed E-state index contributed by atoms with van der Waals surface area (Å²) in [6.07, 6.45) is 4.58. The Morgan fingerprint density at radius 2 is 1.97 bits per heavy atom. The second-order valence-corrected chi connectivity index (χ2v) is 9.77. The first kappa shape index (κ1) is 22.3. The monoisotopic (exact) mass is 488 g/mol. The highest BCUT2D eigenvalue weighted by Gasteiger charge is 2.27. The molecule has 3 rings (SSSR count). The van der Waals surface area contributed by atoms with E-state index in [4.69, 9.17) is 4.74 Å². The van der Waals surface area contributed by atoms with Crippen LogP contribution in [-0.2, 0) is 4.74 Å². The Hall–Kier alpha value is -2.38. The molecule has 5 nitrogen and oxygen atoms in total. The molecule has 1 aliphatic heterocycles. The van der Waals surface area contributed by atoms with E-state index < -0.39 is 11.6 Å². The van der Waals surface area contributed by atoms with Crippen LogP contribution in [0.5, 0.6) is 0 Å². The number of benzene rings is 1. The quantitative estimate of drug-likeness (QED) is 0.500. The van der Waals surface area contributed by atoms with E-state index in [1.807, 2.05) is 62.6 Å². The number of ether oxygens (including phenoxy) is 1. The minimum absolute atomic E-state index is 0.233. The van der Waals surface area contributed by atoms with Gasteiger partial charge in [0.1, 0.15) is 16.2 Å². The fraction of sp³-hybridized carbons (Fsp3) is 0.304. The molecule has 30 heavy (non-hydrogen) atoms. The largest absolute Gasteiger partial charge is 0.456 e. The van der Waals surface area contributed by atoms with Crippen LogP contribution in [-0.4, -0.2) is 35.6 Å². The summed E-state index contributed by atoms with van der Waals surface area (Å²) in [5, 5.41) is 5.29. The maximum absolute atomic E-state index is 13.0. The molecule has 1 aromatic heterocycles. The molecular weight excluding hydrogens is 464 g/mol. The van der Waals surface area contributed by atoms with Gasteiger partial charge in [0.2, 0.25) is 0 Å². The fourth-order valence-corrected chi connectivity index (χ4v) is 4.27. The summed E-state index contributed by atoms with van der Waals surface area (Å²) in [6.45, 7) is 10.4. The van der Waals surface area contributed by atoms with Crippen LogP contribution >= 0.6 is 27.3 Å². The molecule has 2 amide bonds. The van der Waals surface area contributed by atoms with Crippen LogP contribution in [0.1, 0.15) is 37.6 Å². The van der Waals surface area contributed by atoms with Crippen molar-refractivity contribution in [3.05, 3.63) is 64.0 Å². The number of carbonyl (C=O) groups is 2. The lowest BCUT2D eigenvalue weighted by molar-refractivity contribution is 0.00721. The molecule has 0 aliphatic carbocycles. The first-order valence-electron chi connectivity index (χ1n) is 9.66. The Balaban J connectivity index is 1.91. The molecule has 158 valence electrons. The minimum Gasteiger partial charge on any atom is -0.456 e. The number of esters is 1. The van der Waals surface area contributed by atoms with Crippen molar-refractivity contribution < 1.29 is 14.3 Å². The molecule has 1 aliphatic rings. The lowest BCUT2D eigenvalue weighted by atomic mass is 10.0. The Morgan fingerprint density at radius 1 is 1.27 bits per heavy atom. The number of halogens is 1. The topological polar surface area (TPSA) is 58.6 Å². The van der Waals surface area contributed by atoms with Crippen molar-refractivity contribution in [2.75, 3.05) is 18.4 Å². The second kappa shape index (κ2) is 9.18. The third-order valence-corrected chi connectivity index (χ3v) is 5.99. The third-order valence-electron chi connectivity index (χ3n) is 4.56. The normalized spacial score (nSPS) is 14.1. The lowest BCUT2D eigenvalue weighted by Gasteiger charge is -2.26. The van der Waals surface area contributed by atoms with Gasteiger partial charge in [0.25, 0.3) is 0 Å². The summed E-state index contributed by atoms with van der Waals surface area (Å²) in [7, 11) is 0. The molecule has 0 radical (unpaired) electrons. The first-order chi connectivity index (χ1) is 14.2. The predicted molar refractivity (Wildman–Crippen MR) is 126 cm³/mol. The Morgan fingerprint density at radius 3 is 2.53 bits per heavy atom. The second-order valence-electron chi connectivity index (χ2n) is 7.97. The van der Waals surface area contributed by atoms with Gasteiger partial charge in [-0.3, -0.25) is 5.32 Å². The van der Waals surface area contributed by atoms with Crippen molar-refractivity contribution in [2.24, 2.45) is 0 Å². The van der Waals surface area contributed by atoms with Crippen molar-refractivity contribution in [1.29, 1.82) is 0 Å². The van der Waals surface area contributed by atoms with E-state index in [-0.39, 0.29) is 6.03 Å². The Labute approximate surface area is 189 Å². The zero-order valence-electron chi connectivity index (χ0n) is 17.3. The fourth-order valence-electron chi connectivity index (χ4n) is 3.05. The van der Waals surface area contributed by atoms with E-state index >= 15 is 0 Å². The maximum Gasteiger partial charge on any atom is 0.342 e. The third kappa shape index (κ3) is 5.40. The van der Waals surface area contributed by atoms with Gasteiger partial charge < -0.3 is 9.64 Å². The number of thiophene rings is 1. The van der Waals surface area contributed by atoms with Crippen molar-refractivity contribution in [1.82, 2.24) is 4.90 Å². The first-order valence-corrected chi connectivity index (χ1v) is 11.3. The molecule has 0 unspecified atom stereocenters. The minimum atomic E-state index is -0.643. The highest BCUT2D eigenvalue weighted by atomic mass is 79.9. The summed E-state index contributed by atoms with van der Waals surface area (Å²) in [6, 6.07) is 7.46. The molecule has 1 aromatic carbocycles. The van der Waals surface area contributed by atoms with Crippen LogP contribution in [0.4, 0.5) is 9.80 Å². The SMILES string of the molecule is C=CC1=CCN(C(=O)Nc2scc(-c3ccc(Br)cc3)c2C(=O)OC(C)(C)C)CC1. The molecule has 0 fully saturated rings. The molecule has 0 atom stereocenters. The smallest absolute Gasteiger partial charge is 0.342 e. The van der Waals surface area contributed by atoms with Gasteiger partial charge in [-0.25, -0.2) is 9.59 Å². The van der Waals surface area contributed by atoms with Gasteiger partial charge in [0.15, 0.2) is 0 Å². The van der Waals surface area contributed by atoms with E-state index in [0.29, 0.717) is 23.7 Å². The van der Waals surface area contributed by atoms with Crippen LogP contribution in [0.3, 0.4) is 0 Å². The van der Waals surface area contributed by atoms with Crippen LogP contribution in [0, 0.1) is 0 Å². The van der Waals surface area contributed by atoms with Crippen LogP contribution in [0.15, 0.2) is 58.4 Å². The number of hydrogen-bond donors (Lipinski definition) is 1. The Bertz CT molecular complexity index is 987. The zero-order valence-corrected chi connectivity index (χ0v) is 19.7. The molecule has 0 saturated heterocycles. The molecule has 2 heterocycles. The molecular formula is C23H25BrN2O3S. The number of anilines is 1. The highest BCUT2D eigenvalue weighted by Crippen LogP contribution is 2.37. The number of rotatable bonds is 4. The number of carbonyl (C=O) groups excluding carboxylic acids is 2. The standard InChI is InChI=1S/C23H25BrN2O3S/c1-5-15-10-12-26(13-11-15)22(28)25-20-19(21(27)29-23(2,3)4)18(14-30-20)16-6-8-17(24)9-7-16/h5-10,14H,1,11-13H2,2-4H3,(H,25,28). The maximum atomic E-state index is 13.0.